The predicted molar refractivity (Wildman–Crippen MR) is 95.7 cm³/mol. The van der Waals surface area contributed by atoms with Gasteiger partial charge in [0, 0.05) is 37.7 Å². The van der Waals surface area contributed by atoms with Crippen LogP contribution in [0.5, 0.6) is 0 Å². The van der Waals surface area contributed by atoms with Gasteiger partial charge in [-0.15, -0.1) is 0 Å². The number of pyridine rings is 1. The van der Waals surface area contributed by atoms with Crippen LogP contribution in [0.3, 0.4) is 0 Å². The Bertz CT molecular complexity index is 876. The summed E-state index contributed by atoms with van der Waals surface area (Å²) in [6, 6.07) is 11.5. The maximum absolute atomic E-state index is 12.6. The molecule has 0 radical (unpaired) electrons. The fourth-order valence-corrected chi connectivity index (χ4v) is 3.12. The first-order valence-corrected chi connectivity index (χ1v) is 8.21. The van der Waals surface area contributed by atoms with Gasteiger partial charge in [-0.3, -0.25) is 9.78 Å². The van der Waals surface area contributed by atoms with Crippen molar-refractivity contribution in [2.24, 2.45) is 0 Å². The molecule has 2 aromatic heterocycles. The van der Waals surface area contributed by atoms with Crippen molar-refractivity contribution < 1.29 is 4.79 Å². The lowest BCUT2D eigenvalue weighted by Gasteiger charge is -2.23. The van der Waals surface area contributed by atoms with Crippen LogP contribution in [-0.4, -0.2) is 29.5 Å². The third-order valence-electron chi connectivity index (χ3n) is 4.50. The second-order valence-electron chi connectivity index (χ2n) is 6.08. The van der Waals surface area contributed by atoms with E-state index in [0.717, 1.165) is 36.6 Å². The molecular formula is C19H18N5O-. The first kappa shape index (κ1) is 15.4. The molecule has 0 spiro atoms. The SMILES string of the molecule is CN(C(=O)c1ccccn1)c1ccc2c(c1)N(Cc1c[n-]cn1)CC2. The summed E-state index contributed by atoms with van der Waals surface area (Å²) >= 11 is 0. The van der Waals surface area contributed by atoms with Crippen LogP contribution in [0.15, 0.2) is 55.1 Å². The average molecular weight is 332 g/mol. The van der Waals surface area contributed by atoms with Gasteiger partial charge in [0.25, 0.3) is 5.91 Å². The Kier molecular flexibility index (Phi) is 3.93. The fourth-order valence-electron chi connectivity index (χ4n) is 3.12. The van der Waals surface area contributed by atoms with E-state index in [1.54, 1.807) is 42.8 Å². The summed E-state index contributed by atoms with van der Waals surface area (Å²) in [7, 11) is 1.78. The highest BCUT2D eigenvalue weighted by molar-refractivity contribution is 6.04. The number of benzene rings is 1. The van der Waals surface area contributed by atoms with Crippen molar-refractivity contribution in [1.29, 1.82) is 0 Å². The number of fused-ring (bicyclic) bond motifs is 1. The Labute approximate surface area is 146 Å². The molecule has 1 aliphatic rings. The largest absolute Gasteiger partial charge is 0.450 e. The van der Waals surface area contributed by atoms with Crippen LogP contribution in [0, 0.1) is 0 Å². The molecule has 0 saturated heterocycles. The number of carbonyl (C=O) groups is 1. The molecule has 1 aliphatic heterocycles. The van der Waals surface area contributed by atoms with Crippen LogP contribution in [0.25, 0.3) is 0 Å². The molecule has 126 valence electrons. The van der Waals surface area contributed by atoms with E-state index in [0.29, 0.717) is 5.69 Å². The fraction of sp³-hybridized carbons (Fsp3) is 0.211. The number of nitrogens with zero attached hydrogens (tertiary/aromatic N) is 5. The van der Waals surface area contributed by atoms with Crippen molar-refractivity contribution in [2.45, 2.75) is 13.0 Å². The standard InChI is InChI=1S/C19H18N5O/c1-23(19(25)17-4-2-3-8-21-17)16-6-5-14-7-9-24(18(14)10-16)12-15-11-20-13-22-15/h2-6,8,10-11,13H,7,9,12H2,1H3/q-1. The molecule has 0 fully saturated rings. The van der Waals surface area contributed by atoms with Gasteiger partial charge in [-0.2, -0.15) is 0 Å². The molecular weight excluding hydrogens is 314 g/mol. The zero-order valence-electron chi connectivity index (χ0n) is 14.0. The molecule has 3 aromatic rings. The minimum absolute atomic E-state index is 0.119. The quantitative estimate of drug-likeness (QED) is 0.733. The summed E-state index contributed by atoms with van der Waals surface area (Å²) in [6.45, 7) is 1.68. The summed E-state index contributed by atoms with van der Waals surface area (Å²) in [4.78, 5) is 29.0. The Hall–Kier alpha value is -3.15. The maximum Gasteiger partial charge on any atom is 0.276 e. The van der Waals surface area contributed by atoms with E-state index < -0.39 is 0 Å². The number of anilines is 2. The van der Waals surface area contributed by atoms with Gasteiger partial charge in [0.2, 0.25) is 0 Å². The first-order chi connectivity index (χ1) is 12.2. The molecule has 0 bridgehead atoms. The lowest BCUT2D eigenvalue weighted by Crippen LogP contribution is -2.27. The lowest BCUT2D eigenvalue weighted by atomic mass is 10.1. The van der Waals surface area contributed by atoms with Gasteiger partial charge < -0.3 is 19.8 Å². The van der Waals surface area contributed by atoms with Crippen LogP contribution >= 0.6 is 0 Å². The highest BCUT2D eigenvalue weighted by Gasteiger charge is 2.21. The van der Waals surface area contributed by atoms with Crippen LogP contribution in [0.2, 0.25) is 0 Å². The van der Waals surface area contributed by atoms with Crippen molar-refractivity contribution in [3.8, 4) is 0 Å². The van der Waals surface area contributed by atoms with Gasteiger partial charge in [0.15, 0.2) is 0 Å². The number of rotatable bonds is 4. The van der Waals surface area contributed by atoms with Crippen LogP contribution in [0.1, 0.15) is 21.7 Å². The van der Waals surface area contributed by atoms with Gasteiger partial charge in [-0.05, 0) is 41.9 Å². The minimum atomic E-state index is -0.119. The van der Waals surface area contributed by atoms with E-state index in [2.05, 4.69) is 32.0 Å². The van der Waals surface area contributed by atoms with Crippen molar-refractivity contribution in [3.05, 3.63) is 72.1 Å². The maximum atomic E-state index is 12.6. The van der Waals surface area contributed by atoms with E-state index in [1.165, 1.54) is 5.56 Å². The third-order valence-corrected chi connectivity index (χ3v) is 4.50. The van der Waals surface area contributed by atoms with E-state index in [-0.39, 0.29) is 5.91 Å². The Morgan fingerprint density at radius 2 is 2.20 bits per heavy atom. The van der Waals surface area contributed by atoms with Crippen LogP contribution in [0.4, 0.5) is 11.4 Å². The van der Waals surface area contributed by atoms with E-state index >= 15 is 0 Å². The molecule has 25 heavy (non-hydrogen) atoms. The number of hydrogen-bond donors (Lipinski definition) is 0. The molecule has 1 aromatic carbocycles. The normalized spacial score (nSPS) is 12.9. The molecule has 4 rings (SSSR count). The molecule has 0 aliphatic carbocycles. The number of imidazole rings is 1. The molecule has 6 heteroatoms. The van der Waals surface area contributed by atoms with Gasteiger partial charge >= 0.3 is 0 Å². The molecule has 0 N–H and O–H groups in total. The van der Waals surface area contributed by atoms with Crippen molar-refractivity contribution in [2.75, 3.05) is 23.4 Å². The molecule has 0 atom stereocenters. The molecule has 6 nitrogen and oxygen atoms in total. The molecule has 0 saturated carbocycles. The van der Waals surface area contributed by atoms with Gasteiger partial charge in [0.1, 0.15) is 5.69 Å². The van der Waals surface area contributed by atoms with Gasteiger partial charge in [0.05, 0.1) is 0 Å². The Balaban J connectivity index is 1.59. The summed E-state index contributed by atoms with van der Waals surface area (Å²) in [5, 5.41) is 0. The highest BCUT2D eigenvalue weighted by atomic mass is 16.2. The molecule has 3 heterocycles. The van der Waals surface area contributed by atoms with Gasteiger partial charge in [-0.25, -0.2) is 0 Å². The van der Waals surface area contributed by atoms with E-state index in [1.807, 2.05) is 12.1 Å². The summed E-state index contributed by atoms with van der Waals surface area (Å²) < 4.78 is 0. The molecule has 1 amide bonds. The van der Waals surface area contributed by atoms with Gasteiger partial charge in [-0.1, -0.05) is 24.7 Å². The lowest BCUT2D eigenvalue weighted by molar-refractivity contribution is 0.0988. The number of amides is 1. The highest BCUT2D eigenvalue weighted by Crippen LogP contribution is 2.33. The smallest absolute Gasteiger partial charge is 0.276 e. The second-order valence-corrected chi connectivity index (χ2v) is 6.08. The van der Waals surface area contributed by atoms with Crippen molar-refractivity contribution in [1.82, 2.24) is 15.0 Å². The Morgan fingerprint density at radius 3 is 2.96 bits per heavy atom. The van der Waals surface area contributed by atoms with Crippen molar-refractivity contribution in [3.63, 3.8) is 0 Å². The zero-order chi connectivity index (χ0) is 17.2. The Morgan fingerprint density at radius 1 is 1.28 bits per heavy atom. The van der Waals surface area contributed by atoms with Crippen LogP contribution in [-0.2, 0) is 13.0 Å². The summed E-state index contributed by atoms with van der Waals surface area (Å²) in [5.74, 6) is -0.119. The second kappa shape index (κ2) is 6.39. The monoisotopic (exact) mass is 332 g/mol. The summed E-state index contributed by atoms with van der Waals surface area (Å²) in [6.07, 6.45) is 5.99. The predicted octanol–water partition coefficient (Wildman–Crippen LogP) is 2.27. The summed E-state index contributed by atoms with van der Waals surface area (Å²) in [5.41, 5.74) is 4.70. The first-order valence-electron chi connectivity index (χ1n) is 8.21. The van der Waals surface area contributed by atoms with E-state index in [4.69, 9.17) is 0 Å². The van der Waals surface area contributed by atoms with E-state index in [9.17, 15) is 4.79 Å². The minimum Gasteiger partial charge on any atom is -0.450 e. The number of carbonyl (C=O) groups excluding carboxylic acids is 1. The topological polar surface area (TPSA) is 63.4 Å². The van der Waals surface area contributed by atoms with Crippen LogP contribution < -0.4 is 14.8 Å². The number of aromatic nitrogens is 3. The average Bonchev–Trinajstić information content (AvgIpc) is 3.31. The molecule has 0 unspecified atom stereocenters. The third kappa shape index (κ3) is 2.98. The van der Waals surface area contributed by atoms with Crippen molar-refractivity contribution >= 4 is 17.3 Å². The number of hydrogen-bond acceptors (Lipinski definition) is 4. The zero-order valence-corrected chi connectivity index (χ0v) is 14.0.